The molecule has 6 heteroatoms. The Kier molecular flexibility index (Phi) is 5.32. The highest BCUT2D eigenvalue weighted by Gasteiger charge is 2.41. The highest BCUT2D eigenvalue weighted by atomic mass is 16.2. The van der Waals surface area contributed by atoms with Crippen LogP contribution in [-0.2, 0) is 4.79 Å². The number of anilines is 1. The first kappa shape index (κ1) is 18.3. The van der Waals surface area contributed by atoms with Gasteiger partial charge in [-0.05, 0) is 44.2 Å². The van der Waals surface area contributed by atoms with Crippen LogP contribution in [0.3, 0.4) is 0 Å². The van der Waals surface area contributed by atoms with Gasteiger partial charge in [-0.1, -0.05) is 12.8 Å². The lowest BCUT2D eigenvalue weighted by Gasteiger charge is -2.37. The van der Waals surface area contributed by atoms with Crippen LogP contribution in [0.1, 0.15) is 62.2 Å². The summed E-state index contributed by atoms with van der Waals surface area (Å²) in [6, 6.07) is 4.11. The van der Waals surface area contributed by atoms with Crippen LogP contribution in [0.2, 0.25) is 0 Å². The van der Waals surface area contributed by atoms with Crippen LogP contribution in [0, 0.1) is 0 Å². The average Bonchev–Trinajstić information content (AvgIpc) is 3.32. The second kappa shape index (κ2) is 7.87. The second-order valence-corrected chi connectivity index (χ2v) is 8.08. The number of pyridine rings is 1. The van der Waals surface area contributed by atoms with Gasteiger partial charge in [0.1, 0.15) is 5.82 Å². The molecule has 2 atom stereocenters. The van der Waals surface area contributed by atoms with Gasteiger partial charge >= 0.3 is 0 Å². The molecule has 1 aromatic rings. The smallest absolute Gasteiger partial charge is 0.254 e. The first-order valence-corrected chi connectivity index (χ1v) is 10.4. The minimum Gasteiger partial charge on any atom is -0.357 e. The number of fused-ring (bicyclic) bond motifs is 1. The summed E-state index contributed by atoms with van der Waals surface area (Å²) in [6.07, 6.45) is 9.34. The SMILES string of the molecule is CC(=O)N1CC[C@H]2[C@H]1CCCCCN2C(=O)c1ccnc(N2CCCC2)c1. The van der Waals surface area contributed by atoms with Gasteiger partial charge in [0.05, 0.1) is 12.1 Å². The molecule has 0 unspecified atom stereocenters. The predicted octanol–water partition coefficient (Wildman–Crippen LogP) is 2.69. The lowest BCUT2D eigenvalue weighted by atomic mass is 9.96. The second-order valence-electron chi connectivity index (χ2n) is 8.08. The summed E-state index contributed by atoms with van der Waals surface area (Å²) in [5, 5.41) is 0. The molecular weight excluding hydrogens is 340 g/mol. The third kappa shape index (κ3) is 3.66. The van der Waals surface area contributed by atoms with Crippen molar-refractivity contribution >= 4 is 17.6 Å². The summed E-state index contributed by atoms with van der Waals surface area (Å²) < 4.78 is 0. The maximum Gasteiger partial charge on any atom is 0.254 e. The Morgan fingerprint density at radius 3 is 2.44 bits per heavy atom. The molecule has 0 radical (unpaired) electrons. The Morgan fingerprint density at radius 2 is 1.67 bits per heavy atom. The molecule has 0 spiro atoms. The number of hydrogen-bond acceptors (Lipinski definition) is 4. The molecule has 2 amide bonds. The first-order chi connectivity index (χ1) is 13.1. The van der Waals surface area contributed by atoms with Crippen molar-refractivity contribution in [3.8, 4) is 0 Å². The van der Waals surface area contributed by atoms with Gasteiger partial charge < -0.3 is 14.7 Å². The van der Waals surface area contributed by atoms with Crippen molar-refractivity contribution < 1.29 is 9.59 Å². The number of amides is 2. The monoisotopic (exact) mass is 370 g/mol. The molecule has 4 heterocycles. The minimum absolute atomic E-state index is 0.0974. The third-order valence-corrected chi connectivity index (χ3v) is 6.40. The van der Waals surface area contributed by atoms with E-state index < -0.39 is 0 Å². The molecule has 3 aliphatic rings. The molecule has 6 nitrogen and oxygen atoms in total. The molecule has 0 aliphatic carbocycles. The van der Waals surface area contributed by atoms with Crippen LogP contribution in [0.15, 0.2) is 18.3 Å². The van der Waals surface area contributed by atoms with Crippen LogP contribution in [0.4, 0.5) is 5.82 Å². The van der Waals surface area contributed by atoms with Gasteiger partial charge in [0, 0.05) is 44.9 Å². The van der Waals surface area contributed by atoms with E-state index in [-0.39, 0.29) is 23.9 Å². The van der Waals surface area contributed by atoms with Gasteiger partial charge in [-0.2, -0.15) is 0 Å². The Labute approximate surface area is 161 Å². The lowest BCUT2D eigenvalue weighted by Crippen LogP contribution is -2.50. The molecule has 0 bridgehead atoms. The Hall–Kier alpha value is -2.11. The van der Waals surface area contributed by atoms with Crippen LogP contribution in [-0.4, -0.2) is 64.9 Å². The number of rotatable bonds is 2. The summed E-state index contributed by atoms with van der Waals surface area (Å²) in [5.41, 5.74) is 0.729. The molecule has 0 aromatic carbocycles. The van der Waals surface area contributed by atoms with Crippen LogP contribution < -0.4 is 4.90 Å². The normalized spacial score (nSPS) is 25.9. The van der Waals surface area contributed by atoms with Gasteiger partial charge in [0.15, 0.2) is 0 Å². The van der Waals surface area contributed by atoms with Crippen LogP contribution in [0.25, 0.3) is 0 Å². The highest BCUT2D eigenvalue weighted by Crippen LogP contribution is 2.31. The van der Waals surface area contributed by atoms with E-state index in [0.717, 1.165) is 69.7 Å². The average molecular weight is 370 g/mol. The summed E-state index contributed by atoms with van der Waals surface area (Å²) in [4.78, 5) is 36.3. The van der Waals surface area contributed by atoms with E-state index in [0.29, 0.717) is 0 Å². The van der Waals surface area contributed by atoms with E-state index in [2.05, 4.69) is 14.8 Å². The van der Waals surface area contributed by atoms with Gasteiger partial charge in [-0.3, -0.25) is 9.59 Å². The molecule has 0 saturated carbocycles. The molecule has 3 saturated heterocycles. The van der Waals surface area contributed by atoms with E-state index in [1.54, 1.807) is 13.1 Å². The Bertz CT molecular complexity index is 701. The van der Waals surface area contributed by atoms with Crippen molar-refractivity contribution in [3.63, 3.8) is 0 Å². The fourth-order valence-electron chi connectivity index (χ4n) is 5.01. The standard InChI is InChI=1S/C21H30N4O2/c1-16(26)24-14-9-19-18(24)7-3-2-4-13-25(19)21(27)17-8-10-22-20(15-17)23-11-5-6-12-23/h8,10,15,18-19H,2-7,9,11-14H2,1H3/t18-,19+/m1/s1. The molecule has 1 aromatic heterocycles. The van der Waals surface area contributed by atoms with Crippen molar-refractivity contribution in [1.29, 1.82) is 0 Å². The molecular formula is C21H30N4O2. The molecule has 3 aliphatic heterocycles. The molecule has 3 fully saturated rings. The number of nitrogens with zero attached hydrogens (tertiary/aromatic N) is 4. The minimum atomic E-state index is 0.0974. The summed E-state index contributed by atoms with van der Waals surface area (Å²) in [6.45, 7) is 5.24. The summed E-state index contributed by atoms with van der Waals surface area (Å²) in [5.74, 6) is 1.15. The Morgan fingerprint density at radius 1 is 0.926 bits per heavy atom. The largest absolute Gasteiger partial charge is 0.357 e. The van der Waals surface area contributed by atoms with Crippen molar-refractivity contribution in [1.82, 2.24) is 14.8 Å². The lowest BCUT2D eigenvalue weighted by molar-refractivity contribution is -0.130. The maximum absolute atomic E-state index is 13.4. The summed E-state index contributed by atoms with van der Waals surface area (Å²) >= 11 is 0. The highest BCUT2D eigenvalue weighted by molar-refractivity contribution is 5.95. The quantitative estimate of drug-likeness (QED) is 0.803. The van der Waals surface area contributed by atoms with E-state index in [1.165, 1.54) is 12.8 Å². The molecule has 27 heavy (non-hydrogen) atoms. The number of likely N-dealkylation sites (tertiary alicyclic amines) is 2. The van der Waals surface area contributed by atoms with Gasteiger partial charge in [0.25, 0.3) is 5.91 Å². The maximum atomic E-state index is 13.4. The zero-order valence-electron chi connectivity index (χ0n) is 16.3. The summed E-state index contributed by atoms with van der Waals surface area (Å²) in [7, 11) is 0. The molecule has 0 N–H and O–H groups in total. The third-order valence-electron chi connectivity index (χ3n) is 6.40. The first-order valence-electron chi connectivity index (χ1n) is 10.4. The van der Waals surface area contributed by atoms with Gasteiger partial charge in [-0.15, -0.1) is 0 Å². The van der Waals surface area contributed by atoms with E-state index in [4.69, 9.17) is 0 Å². The number of carbonyl (C=O) groups is 2. The van der Waals surface area contributed by atoms with Crippen molar-refractivity contribution in [2.24, 2.45) is 0 Å². The number of aromatic nitrogens is 1. The molecule has 146 valence electrons. The van der Waals surface area contributed by atoms with Crippen LogP contribution >= 0.6 is 0 Å². The van der Waals surface area contributed by atoms with E-state index in [9.17, 15) is 9.59 Å². The topological polar surface area (TPSA) is 56.8 Å². The number of carbonyl (C=O) groups excluding carboxylic acids is 2. The zero-order chi connectivity index (χ0) is 18.8. The predicted molar refractivity (Wildman–Crippen MR) is 105 cm³/mol. The zero-order valence-corrected chi connectivity index (χ0v) is 16.3. The van der Waals surface area contributed by atoms with Crippen molar-refractivity contribution in [3.05, 3.63) is 23.9 Å². The van der Waals surface area contributed by atoms with E-state index in [1.807, 2.05) is 17.0 Å². The Balaban J connectivity index is 1.57. The van der Waals surface area contributed by atoms with Gasteiger partial charge in [0.2, 0.25) is 5.91 Å². The fourth-order valence-corrected chi connectivity index (χ4v) is 5.01. The van der Waals surface area contributed by atoms with Gasteiger partial charge in [-0.25, -0.2) is 4.98 Å². The fraction of sp³-hybridized carbons (Fsp3) is 0.667. The van der Waals surface area contributed by atoms with Crippen molar-refractivity contribution in [2.75, 3.05) is 31.1 Å². The molecule has 4 rings (SSSR count). The van der Waals surface area contributed by atoms with Crippen molar-refractivity contribution in [2.45, 2.75) is 64.0 Å². The van der Waals surface area contributed by atoms with E-state index >= 15 is 0 Å². The number of hydrogen-bond donors (Lipinski definition) is 0. The van der Waals surface area contributed by atoms with Crippen LogP contribution in [0.5, 0.6) is 0 Å².